The number of benzene rings is 4. The Balaban J connectivity index is 1.38. The van der Waals surface area contributed by atoms with Gasteiger partial charge in [0.15, 0.2) is 0 Å². The highest BCUT2D eigenvalue weighted by atomic mass is 15.1. The fourth-order valence-corrected chi connectivity index (χ4v) is 6.37. The lowest BCUT2D eigenvalue weighted by Gasteiger charge is -2.17. The molecule has 0 N–H and O–H groups in total. The highest BCUT2D eigenvalue weighted by Gasteiger charge is 2.30. The van der Waals surface area contributed by atoms with Gasteiger partial charge in [0.25, 0.3) is 0 Å². The number of aryl methyl sites for hydroxylation is 3. The lowest BCUT2D eigenvalue weighted by atomic mass is 9.89. The first kappa shape index (κ1) is 24.4. The molecule has 2 heteroatoms. The second kappa shape index (κ2) is 10.5. The van der Waals surface area contributed by atoms with Gasteiger partial charge < -0.3 is 0 Å². The maximum Gasteiger partial charge on any atom is 0.144 e. The molecule has 0 saturated carbocycles. The number of aromatic nitrogens is 2. The number of hydrogen-bond acceptors (Lipinski definition) is 1. The van der Waals surface area contributed by atoms with Gasteiger partial charge in [-0.3, -0.25) is 4.57 Å². The molecular weight excluding hydrogens is 460 g/mol. The Kier molecular flexibility index (Phi) is 6.72. The summed E-state index contributed by atoms with van der Waals surface area (Å²) in [6, 6.07) is 31.4. The summed E-state index contributed by atoms with van der Waals surface area (Å²) >= 11 is 0. The lowest BCUT2D eigenvalue weighted by molar-refractivity contribution is 0.666. The standard InChI is InChI=1S/C36H36N2/c1-4-5-6-8-13-27-22-25(2)35(26(3)23-27)38-21-20-37-36(38)29-18-19-32-33(24-29)30-16-11-12-17-31(30)34(32)28-14-9-7-10-15-28/h7,9-12,14-24,34H,4-6,8,13H2,1-3H3. The average molecular weight is 497 g/mol. The van der Waals surface area contributed by atoms with Crippen molar-refractivity contribution < 1.29 is 0 Å². The van der Waals surface area contributed by atoms with Crippen LogP contribution in [0.3, 0.4) is 0 Å². The van der Waals surface area contributed by atoms with Crippen molar-refractivity contribution in [1.82, 2.24) is 9.55 Å². The Morgan fingerprint density at radius 1 is 0.737 bits per heavy atom. The van der Waals surface area contributed by atoms with E-state index in [9.17, 15) is 0 Å². The van der Waals surface area contributed by atoms with Crippen LogP contribution >= 0.6 is 0 Å². The van der Waals surface area contributed by atoms with Crippen molar-refractivity contribution in [2.45, 2.75) is 58.8 Å². The molecule has 38 heavy (non-hydrogen) atoms. The number of hydrogen-bond donors (Lipinski definition) is 0. The minimum Gasteiger partial charge on any atom is -0.299 e. The molecule has 1 aliphatic carbocycles. The molecule has 0 aliphatic heterocycles. The van der Waals surface area contributed by atoms with Crippen LogP contribution in [0.1, 0.15) is 71.9 Å². The fraction of sp³-hybridized carbons (Fsp3) is 0.250. The summed E-state index contributed by atoms with van der Waals surface area (Å²) in [6.07, 6.45) is 10.4. The van der Waals surface area contributed by atoms with Crippen molar-refractivity contribution in [1.29, 1.82) is 0 Å². The van der Waals surface area contributed by atoms with Crippen LogP contribution in [0, 0.1) is 13.8 Å². The van der Waals surface area contributed by atoms with Crippen LogP contribution in [-0.4, -0.2) is 9.55 Å². The van der Waals surface area contributed by atoms with E-state index in [0.29, 0.717) is 0 Å². The third-order valence-corrected chi connectivity index (χ3v) is 8.07. The van der Waals surface area contributed by atoms with Gasteiger partial charge in [-0.25, -0.2) is 4.98 Å². The van der Waals surface area contributed by atoms with Crippen LogP contribution < -0.4 is 0 Å². The van der Waals surface area contributed by atoms with Crippen LogP contribution in [0.4, 0.5) is 0 Å². The monoisotopic (exact) mass is 496 g/mol. The molecule has 0 radical (unpaired) electrons. The summed E-state index contributed by atoms with van der Waals surface area (Å²) < 4.78 is 2.28. The van der Waals surface area contributed by atoms with Gasteiger partial charge in [0.05, 0.1) is 5.69 Å². The maximum atomic E-state index is 4.86. The minimum atomic E-state index is 0.269. The molecule has 0 bridgehead atoms. The second-order valence-corrected chi connectivity index (χ2v) is 10.7. The number of unbranched alkanes of at least 4 members (excludes halogenated alkanes) is 3. The van der Waals surface area contributed by atoms with E-state index in [1.54, 1.807) is 0 Å². The smallest absolute Gasteiger partial charge is 0.144 e. The normalized spacial score (nSPS) is 13.9. The molecule has 1 unspecified atom stereocenters. The Morgan fingerprint density at radius 2 is 1.47 bits per heavy atom. The molecular formula is C36H36N2. The summed E-state index contributed by atoms with van der Waals surface area (Å²) in [5.74, 6) is 1.26. The second-order valence-electron chi connectivity index (χ2n) is 10.7. The molecule has 0 fully saturated rings. The molecule has 1 atom stereocenters. The van der Waals surface area contributed by atoms with E-state index in [4.69, 9.17) is 4.98 Å². The molecule has 0 amide bonds. The quantitative estimate of drug-likeness (QED) is 0.192. The molecule has 0 saturated heterocycles. The van der Waals surface area contributed by atoms with Crippen molar-refractivity contribution in [3.05, 3.63) is 131 Å². The fourth-order valence-electron chi connectivity index (χ4n) is 6.37. The van der Waals surface area contributed by atoms with Crippen LogP contribution in [0.2, 0.25) is 0 Å². The zero-order valence-electron chi connectivity index (χ0n) is 22.7. The van der Waals surface area contributed by atoms with E-state index in [2.05, 4.69) is 116 Å². The number of fused-ring (bicyclic) bond motifs is 3. The van der Waals surface area contributed by atoms with Gasteiger partial charge in [-0.15, -0.1) is 0 Å². The van der Waals surface area contributed by atoms with Gasteiger partial charge in [-0.1, -0.05) is 105 Å². The van der Waals surface area contributed by atoms with Crippen LogP contribution in [0.25, 0.3) is 28.2 Å². The molecule has 0 spiro atoms. The largest absolute Gasteiger partial charge is 0.299 e. The first-order chi connectivity index (χ1) is 18.7. The number of nitrogens with zero attached hydrogens (tertiary/aromatic N) is 2. The van der Waals surface area contributed by atoms with Crippen molar-refractivity contribution in [3.63, 3.8) is 0 Å². The van der Waals surface area contributed by atoms with Gasteiger partial charge in [0, 0.05) is 23.9 Å². The van der Waals surface area contributed by atoms with Crippen LogP contribution in [0.5, 0.6) is 0 Å². The highest BCUT2D eigenvalue weighted by Crippen LogP contribution is 2.49. The molecule has 190 valence electrons. The predicted octanol–water partition coefficient (Wildman–Crippen LogP) is 9.44. The summed E-state index contributed by atoms with van der Waals surface area (Å²) in [4.78, 5) is 4.86. The van der Waals surface area contributed by atoms with Gasteiger partial charge in [-0.2, -0.15) is 0 Å². The van der Waals surface area contributed by atoms with E-state index >= 15 is 0 Å². The molecule has 1 aromatic heterocycles. The van der Waals surface area contributed by atoms with Crippen molar-refractivity contribution in [2.24, 2.45) is 0 Å². The van der Waals surface area contributed by atoms with E-state index in [1.165, 1.54) is 75.9 Å². The minimum absolute atomic E-state index is 0.269. The van der Waals surface area contributed by atoms with Crippen molar-refractivity contribution in [2.75, 3.05) is 0 Å². The summed E-state index contributed by atoms with van der Waals surface area (Å²) in [5, 5.41) is 0. The first-order valence-corrected chi connectivity index (χ1v) is 14.1. The van der Waals surface area contributed by atoms with Gasteiger partial charge >= 0.3 is 0 Å². The summed E-state index contributed by atoms with van der Waals surface area (Å²) in [7, 11) is 0. The maximum absolute atomic E-state index is 4.86. The molecule has 1 aliphatic rings. The zero-order chi connectivity index (χ0) is 26.1. The number of rotatable bonds is 8. The van der Waals surface area contributed by atoms with Gasteiger partial charge in [-0.05, 0) is 77.3 Å². The topological polar surface area (TPSA) is 17.8 Å². The van der Waals surface area contributed by atoms with E-state index in [0.717, 1.165) is 17.8 Å². The van der Waals surface area contributed by atoms with E-state index in [1.807, 2.05) is 6.20 Å². The third kappa shape index (κ3) is 4.39. The molecule has 4 aromatic carbocycles. The molecule has 2 nitrogen and oxygen atoms in total. The zero-order valence-corrected chi connectivity index (χ0v) is 22.7. The van der Waals surface area contributed by atoms with Crippen LogP contribution in [-0.2, 0) is 6.42 Å². The SMILES string of the molecule is CCCCCCc1cc(C)c(-n2ccnc2-c2ccc3c(c2)-c2ccccc2C3c2ccccc2)c(C)c1. The van der Waals surface area contributed by atoms with Gasteiger partial charge in [0.2, 0.25) is 0 Å². The summed E-state index contributed by atoms with van der Waals surface area (Å²) in [6.45, 7) is 6.75. The van der Waals surface area contributed by atoms with Crippen LogP contribution in [0.15, 0.2) is 97.3 Å². The molecule has 1 heterocycles. The first-order valence-electron chi connectivity index (χ1n) is 14.1. The number of imidazole rings is 1. The molecule has 5 aromatic rings. The Labute approximate surface area is 227 Å². The van der Waals surface area contributed by atoms with Gasteiger partial charge in [0.1, 0.15) is 5.82 Å². The Hall–Kier alpha value is -3.91. The van der Waals surface area contributed by atoms with Crippen molar-refractivity contribution >= 4 is 0 Å². The van der Waals surface area contributed by atoms with Crippen molar-refractivity contribution in [3.8, 4) is 28.2 Å². The highest BCUT2D eigenvalue weighted by molar-refractivity contribution is 5.84. The summed E-state index contributed by atoms with van der Waals surface area (Å²) in [5.41, 5.74) is 13.2. The predicted molar refractivity (Wildman–Crippen MR) is 159 cm³/mol. The van der Waals surface area contributed by atoms with E-state index < -0.39 is 0 Å². The Bertz CT molecular complexity index is 1550. The van der Waals surface area contributed by atoms with E-state index in [-0.39, 0.29) is 5.92 Å². The average Bonchev–Trinajstić information content (AvgIpc) is 3.54. The third-order valence-electron chi connectivity index (χ3n) is 8.07. The Morgan fingerprint density at radius 3 is 2.26 bits per heavy atom. The molecule has 6 rings (SSSR count). The lowest BCUT2D eigenvalue weighted by Crippen LogP contribution is -2.03.